The minimum Gasteiger partial charge on any atom is -0.396 e. The molecule has 1 aromatic rings. The van der Waals surface area contributed by atoms with E-state index in [-0.39, 0.29) is 0 Å². The van der Waals surface area contributed by atoms with Crippen molar-refractivity contribution in [2.75, 3.05) is 6.61 Å². The third-order valence-corrected chi connectivity index (χ3v) is 6.66. The maximum Gasteiger partial charge on any atom is 0.0465 e. The second-order valence-electron chi connectivity index (χ2n) is 5.97. The van der Waals surface area contributed by atoms with Crippen molar-refractivity contribution >= 4 is 15.9 Å². The van der Waals surface area contributed by atoms with Crippen LogP contribution in [0.3, 0.4) is 0 Å². The van der Waals surface area contributed by atoms with Gasteiger partial charge in [-0.1, -0.05) is 53.2 Å². The second-order valence-corrected chi connectivity index (χ2v) is 7.03. The zero-order valence-electron chi connectivity index (χ0n) is 10.8. The molecule has 2 saturated carbocycles. The number of hydrogen-bond donors (Lipinski definition) is 1. The number of hydrogen-bond acceptors (Lipinski definition) is 1. The van der Waals surface area contributed by atoms with E-state index in [0.29, 0.717) is 35.1 Å². The fourth-order valence-electron chi connectivity index (χ4n) is 4.46. The average molecular weight is 309 g/mol. The highest BCUT2D eigenvalue weighted by Crippen LogP contribution is 2.59. The van der Waals surface area contributed by atoms with Crippen molar-refractivity contribution in [1.82, 2.24) is 0 Å². The highest BCUT2D eigenvalue weighted by molar-refractivity contribution is 9.09. The van der Waals surface area contributed by atoms with Gasteiger partial charge in [-0.3, -0.25) is 0 Å². The fraction of sp³-hybridized carbons (Fsp3) is 0.625. The fourth-order valence-corrected chi connectivity index (χ4v) is 5.73. The van der Waals surface area contributed by atoms with E-state index in [0.717, 1.165) is 5.92 Å². The number of aliphatic hydroxyl groups is 1. The molecule has 0 radical (unpaired) electrons. The number of rotatable bonds is 3. The molecule has 2 aliphatic carbocycles. The largest absolute Gasteiger partial charge is 0.396 e. The van der Waals surface area contributed by atoms with Crippen molar-refractivity contribution in [1.29, 1.82) is 0 Å². The maximum absolute atomic E-state index is 9.75. The normalized spacial score (nSPS) is 40.1. The van der Waals surface area contributed by atoms with Gasteiger partial charge >= 0.3 is 0 Å². The SMILES string of the molecule is C[C@@H](c1ccccc1)C1[C@@H](CO)[C@H]2CC[C@@H]1[C@@H]2Br. The zero-order valence-corrected chi connectivity index (χ0v) is 12.4. The van der Waals surface area contributed by atoms with Crippen molar-refractivity contribution in [3.63, 3.8) is 0 Å². The summed E-state index contributed by atoms with van der Waals surface area (Å²) in [6.07, 6.45) is 2.63. The molecule has 2 fully saturated rings. The topological polar surface area (TPSA) is 20.2 Å². The van der Waals surface area contributed by atoms with Gasteiger partial charge in [0.2, 0.25) is 0 Å². The van der Waals surface area contributed by atoms with Crippen molar-refractivity contribution in [2.45, 2.75) is 30.5 Å². The van der Waals surface area contributed by atoms with E-state index in [1.165, 1.54) is 18.4 Å². The molecular weight excluding hydrogens is 288 g/mol. The van der Waals surface area contributed by atoms with Crippen molar-refractivity contribution in [3.8, 4) is 0 Å². The summed E-state index contributed by atoms with van der Waals surface area (Å²) in [4.78, 5) is 0.630. The Bertz CT molecular complexity index is 405. The number of benzene rings is 1. The van der Waals surface area contributed by atoms with E-state index in [1.807, 2.05) is 0 Å². The lowest BCUT2D eigenvalue weighted by Crippen LogP contribution is -2.29. The van der Waals surface area contributed by atoms with Crippen LogP contribution in [0.25, 0.3) is 0 Å². The molecule has 2 bridgehead atoms. The molecule has 1 unspecified atom stereocenters. The van der Waals surface area contributed by atoms with E-state index < -0.39 is 0 Å². The van der Waals surface area contributed by atoms with Crippen LogP contribution in [0, 0.1) is 23.7 Å². The van der Waals surface area contributed by atoms with Crippen LogP contribution in [0.15, 0.2) is 30.3 Å². The van der Waals surface area contributed by atoms with Crippen LogP contribution in [-0.2, 0) is 0 Å². The minimum absolute atomic E-state index is 0.352. The molecular formula is C16H21BrO. The van der Waals surface area contributed by atoms with Gasteiger partial charge in [-0.2, -0.15) is 0 Å². The predicted octanol–water partition coefficient (Wildman–Crippen LogP) is 3.82. The lowest BCUT2D eigenvalue weighted by Gasteiger charge is -2.34. The lowest BCUT2D eigenvalue weighted by atomic mass is 9.71. The highest BCUT2D eigenvalue weighted by atomic mass is 79.9. The quantitative estimate of drug-likeness (QED) is 0.842. The molecule has 98 valence electrons. The summed E-state index contributed by atoms with van der Waals surface area (Å²) in [7, 11) is 0. The molecule has 1 aromatic carbocycles. The molecule has 6 atom stereocenters. The van der Waals surface area contributed by atoms with Crippen LogP contribution < -0.4 is 0 Å². The summed E-state index contributed by atoms with van der Waals surface area (Å²) in [5, 5.41) is 9.75. The standard InChI is InChI=1S/C16H21BrO/c1-10(11-5-3-2-4-6-11)15-13-8-7-12(16(13)17)14(15)9-18/h2-6,10,12-16,18H,7-9H2,1H3/t10-,12+,13-,14-,15?,16+/m0/s1. The molecule has 3 rings (SSSR count). The molecule has 1 N–H and O–H groups in total. The first-order chi connectivity index (χ1) is 8.74. The number of halogens is 1. The molecule has 0 saturated heterocycles. The average Bonchev–Trinajstić information content (AvgIpc) is 2.92. The van der Waals surface area contributed by atoms with Crippen molar-refractivity contribution in [2.24, 2.45) is 23.7 Å². The summed E-state index contributed by atoms with van der Waals surface area (Å²) in [6, 6.07) is 10.8. The van der Waals surface area contributed by atoms with Gasteiger partial charge in [0.05, 0.1) is 0 Å². The first-order valence-corrected chi connectivity index (χ1v) is 7.95. The molecule has 0 aromatic heterocycles. The molecule has 2 heteroatoms. The Morgan fingerprint density at radius 1 is 1.22 bits per heavy atom. The molecule has 2 aliphatic rings. The van der Waals surface area contributed by atoms with Crippen LogP contribution >= 0.6 is 15.9 Å². The zero-order chi connectivity index (χ0) is 12.7. The minimum atomic E-state index is 0.352. The number of alkyl halides is 1. The molecule has 18 heavy (non-hydrogen) atoms. The van der Waals surface area contributed by atoms with Gasteiger partial charge in [0.15, 0.2) is 0 Å². The lowest BCUT2D eigenvalue weighted by molar-refractivity contribution is 0.111. The van der Waals surface area contributed by atoms with Crippen LogP contribution in [-0.4, -0.2) is 16.5 Å². The van der Waals surface area contributed by atoms with Gasteiger partial charge in [0.1, 0.15) is 0 Å². The Morgan fingerprint density at radius 3 is 2.56 bits per heavy atom. The Hall–Kier alpha value is -0.340. The Kier molecular flexibility index (Phi) is 3.50. The third-order valence-electron chi connectivity index (χ3n) is 5.30. The van der Waals surface area contributed by atoms with E-state index in [9.17, 15) is 5.11 Å². The van der Waals surface area contributed by atoms with Crippen LogP contribution in [0.1, 0.15) is 31.2 Å². The molecule has 0 heterocycles. The first-order valence-electron chi connectivity index (χ1n) is 7.04. The Balaban J connectivity index is 1.87. The summed E-state index contributed by atoms with van der Waals surface area (Å²) in [6.45, 7) is 2.69. The predicted molar refractivity (Wildman–Crippen MR) is 77.9 cm³/mol. The van der Waals surface area contributed by atoms with Gasteiger partial charge in [-0.25, -0.2) is 0 Å². The summed E-state index contributed by atoms with van der Waals surface area (Å²) in [5.74, 6) is 3.13. The Labute approximate surface area is 118 Å². The van der Waals surface area contributed by atoms with E-state index in [4.69, 9.17) is 0 Å². The van der Waals surface area contributed by atoms with E-state index in [2.05, 4.69) is 53.2 Å². The van der Waals surface area contributed by atoms with Gasteiger partial charge in [-0.15, -0.1) is 0 Å². The molecule has 0 aliphatic heterocycles. The number of fused-ring (bicyclic) bond motifs is 2. The molecule has 0 amide bonds. The van der Waals surface area contributed by atoms with E-state index in [1.54, 1.807) is 0 Å². The summed E-state index contributed by atoms with van der Waals surface area (Å²) < 4.78 is 0. The third kappa shape index (κ3) is 1.85. The van der Waals surface area contributed by atoms with Crippen LogP contribution in [0.4, 0.5) is 0 Å². The monoisotopic (exact) mass is 308 g/mol. The Morgan fingerprint density at radius 2 is 1.89 bits per heavy atom. The van der Waals surface area contributed by atoms with Crippen molar-refractivity contribution in [3.05, 3.63) is 35.9 Å². The first kappa shape index (κ1) is 12.7. The van der Waals surface area contributed by atoms with E-state index >= 15 is 0 Å². The van der Waals surface area contributed by atoms with Crippen molar-refractivity contribution < 1.29 is 5.11 Å². The van der Waals surface area contributed by atoms with Gasteiger partial charge in [0.25, 0.3) is 0 Å². The molecule has 0 spiro atoms. The van der Waals surface area contributed by atoms with Gasteiger partial charge in [0, 0.05) is 11.4 Å². The molecule has 1 nitrogen and oxygen atoms in total. The number of aliphatic hydroxyl groups excluding tert-OH is 1. The smallest absolute Gasteiger partial charge is 0.0465 e. The summed E-state index contributed by atoms with van der Waals surface area (Å²) in [5.41, 5.74) is 1.42. The van der Waals surface area contributed by atoms with Gasteiger partial charge in [-0.05, 0) is 48.0 Å². The highest BCUT2D eigenvalue weighted by Gasteiger charge is 2.54. The maximum atomic E-state index is 9.75. The van der Waals surface area contributed by atoms with Gasteiger partial charge < -0.3 is 5.11 Å². The van der Waals surface area contributed by atoms with Crippen LogP contribution in [0.5, 0.6) is 0 Å². The summed E-state index contributed by atoms with van der Waals surface area (Å²) >= 11 is 3.88. The second kappa shape index (κ2) is 4.97. The van der Waals surface area contributed by atoms with Crippen LogP contribution in [0.2, 0.25) is 0 Å².